The van der Waals surface area contributed by atoms with E-state index in [0.717, 1.165) is 19.3 Å². The monoisotopic (exact) mass is 268 g/mol. The summed E-state index contributed by atoms with van der Waals surface area (Å²) >= 11 is 0. The molecule has 0 amide bonds. The number of carboxylic acid groups (broad SMARTS) is 2. The molecule has 106 valence electrons. The van der Waals surface area contributed by atoms with E-state index in [-0.39, 0.29) is 30.5 Å². The van der Waals surface area contributed by atoms with Gasteiger partial charge in [0.15, 0.2) is 0 Å². The largest absolute Gasteiger partial charge is 0.481 e. The molecule has 5 heteroatoms. The van der Waals surface area contributed by atoms with Gasteiger partial charge in [0.2, 0.25) is 0 Å². The molecular formula is C14H20O5. The summed E-state index contributed by atoms with van der Waals surface area (Å²) < 4.78 is 5.68. The van der Waals surface area contributed by atoms with Crippen LogP contribution in [0.2, 0.25) is 0 Å². The van der Waals surface area contributed by atoms with Gasteiger partial charge >= 0.3 is 11.9 Å². The van der Waals surface area contributed by atoms with Gasteiger partial charge in [-0.1, -0.05) is 12.2 Å². The molecule has 2 N–H and O–H groups in total. The number of carbonyl (C=O) groups is 2. The molecule has 5 nitrogen and oxygen atoms in total. The Hall–Kier alpha value is -1.36. The molecule has 2 aliphatic rings. The average Bonchev–Trinajstić information content (AvgIpc) is 2.93. The minimum absolute atomic E-state index is 0.0759. The standard InChI is InChI=1S/C14H20O5/c15-12(16)6-4-2-1-3-5-9-10-7-8-11(19-10)13(9)14(17)18/h1,3,9-11,13H,2,4-8H2,(H,15,16)(H,17,18)/t9-,10+,11-,13-/m0/s1. The quantitative estimate of drug-likeness (QED) is 0.545. The summed E-state index contributed by atoms with van der Waals surface area (Å²) in [7, 11) is 0. The molecule has 0 aromatic carbocycles. The lowest BCUT2D eigenvalue weighted by atomic mass is 9.77. The van der Waals surface area contributed by atoms with Gasteiger partial charge in [-0.25, -0.2) is 0 Å². The number of ether oxygens (including phenoxy) is 1. The number of allylic oxidation sites excluding steroid dienone is 2. The third-order valence-corrected chi connectivity index (χ3v) is 4.05. The Bertz CT molecular complexity index is 376. The van der Waals surface area contributed by atoms with Crippen molar-refractivity contribution in [3.63, 3.8) is 0 Å². The van der Waals surface area contributed by atoms with Gasteiger partial charge in [-0.2, -0.15) is 0 Å². The van der Waals surface area contributed by atoms with Crippen molar-refractivity contribution < 1.29 is 24.5 Å². The fourth-order valence-corrected chi connectivity index (χ4v) is 3.16. The van der Waals surface area contributed by atoms with Crippen LogP contribution in [0.1, 0.15) is 38.5 Å². The number of hydrogen-bond donors (Lipinski definition) is 2. The van der Waals surface area contributed by atoms with E-state index in [9.17, 15) is 14.7 Å². The Morgan fingerprint density at radius 1 is 1.16 bits per heavy atom. The Labute approximate surface area is 112 Å². The smallest absolute Gasteiger partial charge is 0.309 e. The maximum atomic E-state index is 11.2. The summed E-state index contributed by atoms with van der Waals surface area (Å²) in [5.74, 6) is -1.83. The van der Waals surface area contributed by atoms with Crippen LogP contribution in [0.15, 0.2) is 12.2 Å². The second-order valence-electron chi connectivity index (χ2n) is 5.31. The SMILES string of the molecule is O=C(O)CCCC=CC[C@@H]1[C@H](C(=O)O)[C@@H]2CC[C@H]1O2. The molecule has 0 aliphatic carbocycles. The molecule has 2 heterocycles. The molecule has 19 heavy (non-hydrogen) atoms. The van der Waals surface area contributed by atoms with Gasteiger partial charge in [0.25, 0.3) is 0 Å². The van der Waals surface area contributed by atoms with Crippen molar-refractivity contribution in [2.45, 2.75) is 50.7 Å². The number of aliphatic carboxylic acids is 2. The Balaban J connectivity index is 1.77. The first-order valence-corrected chi connectivity index (χ1v) is 6.84. The third-order valence-electron chi connectivity index (χ3n) is 4.05. The highest BCUT2D eigenvalue weighted by molar-refractivity contribution is 5.72. The van der Waals surface area contributed by atoms with Gasteiger partial charge in [0, 0.05) is 12.3 Å². The summed E-state index contributed by atoms with van der Waals surface area (Å²) in [5.41, 5.74) is 0. The topological polar surface area (TPSA) is 83.8 Å². The van der Waals surface area contributed by atoms with Gasteiger partial charge in [-0.05, 0) is 32.1 Å². The molecule has 0 saturated carbocycles. The first-order valence-electron chi connectivity index (χ1n) is 6.84. The molecule has 0 aromatic heterocycles. The van der Waals surface area contributed by atoms with E-state index in [2.05, 4.69) is 0 Å². The minimum Gasteiger partial charge on any atom is -0.481 e. The van der Waals surface area contributed by atoms with Crippen LogP contribution in [0.3, 0.4) is 0 Å². The van der Waals surface area contributed by atoms with E-state index in [4.69, 9.17) is 9.84 Å². The van der Waals surface area contributed by atoms with E-state index in [0.29, 0.717) is 12.8 Å². The molecule has 0 unspecified atom stereocenters. The normalized spacial score (nSPS) is 33.1. The van der Waals surface area contributed by atoms with E-state index in [1.54, 1.807) is 0 Å². The second-order valence-corrected chi connectivity index (χ2v) is 5.31. The van der Waals surface area contributed by atoms with Crippen molar-refractivity contribution in [1.82, 2.24) is 0 Å². The molecule has 0 aromatic rings. The van der Waals surface area contributed by atoms with E-state index < -0.39 is 11.9 Å². The van der Waals surface area contributed by atoms with Gasteiger partial charge < -0.3 is 14.9 Å². The zero-order valence-corrected chi connectivity index (χ0v) is 10.8. The molecule has 2 saturated heterocycles. The zero-order chi connectivity index (χ0) is 13.8. The number of hydrogen-bond acceptors (Lipinski definition) is 3. The Morgan fingerprint density at radius 2 is 1.89 bits per heavy atom. The summed E-state index contributed by atoms with van der Waals surface area (Å²) in [6.45, 7) is 0. The van der Waals surface area contributed by atoms with Crippen LogP contribution < -0.4 is 0 Å². The number of unbranched alkanes of at least 4 members (excludes halogenated alkanes) is 1. The number of rotatable bonds is 7. The summed E-state index contributed by atoms with van der Waals surface area (Å²) in [5, 5.41) is 17.7. The molecule has 2 aliphatic heterocycles. The van der Waals surface area contributed by atoms with Crippen molar-refractivity contribution in [1.29, 1.82) is 0 Å². The van der Waals surface area contributed by atoms with Crippen molar-refractivity contribution in [3.8, 4) is 0 Å². The maximum absolute atomic E-state index is 11.2. The van der Waals surface area contributed by atoms with Crippen molar-refractivity contribution >= 4 is 11.9 Å². The first kappa shape index (κ1) is 14.1. The highest BCUT2D eigenvalue weighted by atomic mass is 16.5. The van der Waals surface area contributed by atoms with Gasteiger partial charge in [-0.15, -0.1) is 0 Å². The van der Waals surface area contributed by atoms with Crippen molar-refractivity contribution in [3.05, 3.63) is 12.2 Å². The fraction of sp³-hybridized carbons (Fsp3) is 0.714. The third kappa shape index (κ3) is 3.35. The van der Waals surface area contributed by atoms with E-state index >= 15 is 0 Å². The molecule has 0 spiro atoms. The lowest BCUT2D eigenvalue weighted by molar-refractivity contribution is -0.144. The molecular weight excluding hydrogens is 248 g/mol. The molecule has 0 radical (unpaired) electrons. The van der Waals surface area contributed by atoms with E-state index in [1.165, 1.54) is 0 Å². The maximum Gasteiger partial charge on any atom is 0.309 e. The molecule has 4 atom stereocenters. The number of carboxylic acids is 2. The van der Waals surface area contributed by atoms with Gasteiger partial charge in [-0.3, -0.25) is 9.59 Å². The van der Waals surface area contributed by atoms with Crippen molar-refractivity contribution in [2.24, 2.45) is 11.8 Å². The summed E-state index contributed by atoms with van der Waals surface area (Å²) in [6, 6.07) is 0. The fourth-order valence-electron chi connectivity index (χ4n) is 3.16. The van der Waals surface area contributed by atoms with Crippen LogP contribution in [0.25, 0.3) is 0 Å². The number of fused-ring (bicyclic) bond motifs is 2. The van der Waals surface area contributed by atoms with E-state index in [1.807, 2.05) is 12.2 Å². The summed E-state index contributed by atoms with van der Waals surface area (Å²) in [4.78, 5) is 21.6. The molecule has 2 fully saturated rings. The Kier molecular flexibility index (Phi) is 4.58. The lowest BCUT2D eigenvalue weighted by Gasteiger charge is -2.23. The predicted molar refractivity (Wildman–Crippen MR) is 67.8 cm³/mol. The van der Waals surface area contributed by atoms with Crippen LogP contribution in [0, 0.1) is 11.8 Å². The Morgan fingerprint density at radius 3 is 2.58 bits per heavy atom. The average molecular weight is 268 g/mol. The van der Waals surface area contributed by atoms with Gasteiger partial charge in [0.05, 0.1) is 18.1 Å². The van der Waals surface area contributed by atoms with Crippen LogP contribution in [0.5, 0.6) is 0 Å². The zero-order valence-electron chi connectivity index (χ0n) is 10.8. The minimum atomic E-state index is -0.777. The van der Waals surface area contributed by atoms with Crippen LogP contribution in [-0.2, 0) is 14.3 Å². The summed E-state index contributed by atoms with van der Waals surface area (Å²) in [6.07, 6.45) is 7.99. The lowest BCUT2D eigenvalue weighted by Crippen LogP contribution is -2.33. The highest BCUT2D eigenvalue weighted by Gasteiger charge is 2.51. The second kappa shape index (κ2) is 6.19. The first-order chi connectivity index (χ1) is 9.09. The molecule has 2 rings (SSSR count). The van der Waals surface area contributed by atoms with Crippen LogP contribution in [-0.4, -0.2) is 34.4 Å². The van der Waals surface area contributed by atoms with Crippen LogP contribution in [0.4, 0.5) is 0 Å². The van der Waals surface area contributed by atoms with Gasteiger partial charge in [0.1, 0.15) is 0 Å². The van der Waals surface area contributed by atoms with Crippen LogP contribution >= 0.6 is 0 Å². The molecule has 2 bridgehead atoms. The predicted octanol–water partition coefficient (Wildman–Crippen LogP) is 2.07. The highest BCUT2D eigenvalue weighted by Crippen LogP contribution is 2.45. The van der Waals surface area contributed by atoms with Crippen molar-refractivity contribution in [2.75, 3.05) is 0 Å².